The van der Waals surface area contributed by atoms with Crippen molar-refractivity contribution in [1.29, 1.82) is 0 Å². The summed E-state index contributed by atoms with van der Waals surface area (Å²) in [5, 5.41) is 0. The van der Waals surface area contributed by atoms with E-state index in [1.165, 1.54) is 0 Å². The molecule has 0 N–H and O–H groups in total. The molecular formula is C19H46. The van der Waals surface area contributed by atoms with Crippen LogP contribution in [0.3, 0.4) is 0 Å². The first-order valence-electron chi connectivity index (χ1n) is 7.73. The normalized spacial score (nSPS) is 11.4. The maximum Gasteiger partial charge on any atom is -0.0411 e. The van der Waals surface area contributed by atoms with Crippen LogP contribution in [0.1, 0.15) is 104 Å². The Labute approximate surface area is 126 Å². The smallest absolute Gasteiger partial charge is 0.0411 e. The molecule has 0 aliphatic rings. The van der Waals surface area contributed by atoms with Crippen molar-refractivity contribution in [3.63, 3.8) is 0 Å². The molecule has 0 saturated heterocycles. The SMILES string of the molecule is CC(C)(C)C.CC(C)(C)C.CC(C)(C)C.CC(C)C. The minimum Gasteiger partial charge on any atom is -0.0630 e. The van der Waals surface area contributed by atoms with E-state index >= 15 is 0 Å². The first-order valence-corrected chi connectivity index (χ1v) is 7.73. The van der Waals surface area contributed by atoms with Crippen LogP contribution in [-0.2, 0) is 0 Å². The minimum atomic E-state index is 0.500. The molecule has 0 nitrogen and oxygen atoms in total. The summed E-state index contributed by atoms with van der Waals surface area (Å²) in [6.07, 6.45) is 0. The van der Waals surface area contributed by atoms with Crippen molar-refractivity contribution < 1.29 is 0 Å². The van der Waals surface area contributed by atoms with Gasteiger partial charge in [-0.1, -0.05) is 104 Å². The van der Waals surface area contributed by atoms with Crippen molar-refractivity contribution in [3.8, 4) is 0 Å². The van der Waals surface area contributed by atoms with E-state index in [-0.39, 0.29) is 0 Å². The van der Waals surface area contributed by atoms with Gasteiger partial charge in [0, 0.05) is 0 Å². The van der Waals surface area contributed by atoms with Gasteiger partial charge in [-0.3, -0.25) is 0 Å². The Hall–Kier alpha value is 0. The summed E-state index contributed by atoms with van der Waals surface area (Å²) in [5.41, 5.74) is 1.50. The molecule has 0 radical (unpaired) electrons. The molecule has 0 heterocycles. The maximum atomic E-state index is 2.19. The van der Waals surface area contributed by atoms with Crippen LogP contribution < -0.4 is 0 Å². The third-order valence-corrected chi connectivity index (χ3v) is 0. The lowest BCUT2D eigenvalue weighted by Crippen LogP contribution is -1.93. The molecule has 0 aliphatic heterocycles. The van der Waals surface area contributed by atoms with Gasteiger partial charge in [-0.15, -0.1) is 0 Å². The zero-order valence-electron chi connectivity index (χ0n) is 17.1. The van der Waals surface area contributed by atoms with E-state index in [1.807, 2.05) is 0 Å². The second-order valence-electron chi connectivity index (χ2n) is 10.7. The fourth-order valence-electron chi connectivity index (χ4n) is 0. The van der Waals surface area contributed by atoms with Gasteiger partial charge in [-0.2, -0.15) is 0 Å². The summed E-state index contributed by atoms with van der Waals surface area (Å²) >= 11 is 0. The molecule has 0 unspecified atom stereocenters. The maximum absolute atomic E-state index is 2.19. The molecule has 0 saturated carbocycles. The van der Waals surface area contributed by atoms with Gasteiger partial charge in [0.25, 0.3) is 0 Å². The molecule has 0 aromatic carbocycles. The van der Waals surface area contributed by atoms with Crippen molar-refractivity contribution in [2.45, 2.75) is 104 Å². The van der Waals surface area contributed by atoms with E-state index in [2.05, 4.69) is 104 Å². The lowest BCUT2D eigenvalue weighted by molar-refractivity contribution is 0.469. The Bertz CT molecular complexity index is 105. The second kappa shape index (κ2) is 11.8. The molecule has 0 aliphatic carbocycles. The molecule has 0 bridgehead atoms. The van der Waals surface area contributed by atoms with E-state index in [4.69, 9.17) is 0 Å². The van der Waals surface area contributed by atoms with Crippen LogP contribution in [0, 0.1) is 22.2 Å². The van der Waals surface area contributed by atoms with Crippen molar-refractivity contribution in [2.24, 2.45) is 22.2 Å². The Morgan fingerprint density at radius 1 is 0.368 bits per heavy atom. The van der Waals surface area contributed by atoms with E-state index in [0.29, 0.717) is 16.2 Å². The summed E-state index contributed by atoms with van der Waals surface area (Å²) in [6.45, 7) is 32.8. The lowest BCUT2D eigenvalue weighted by atomic mass is 10.0. The van der Waals surface area contributed by atoms with Crippen molar-refractivity contribution in [1.82, 2.24) is 0 Å². The molecular weight excluding hydrogens is 228 g/mol. The highest BCUT2D eigenvalue weighted by Crippen LogP contribution is 2.08. The van der Waals surface area contributed by atoms with Crippen molar-refractivity contribution >= 4 is 0 Å². The monoisotopic (exact) mass is 274 g/mol. The molecule has 0 aromatic heterocycles. The van der Waals surface area contributed by atoms with Crippen LogP contribution in [0.4, 0.5) is 0 Å². The van der Waals surface area contributed by atoms with Gasteiger partial charge in [0.2, 0.25) is 0 Å². The van der Waals surface area contributed by atoms with Crippen LogP contribution in [0.5, 0.6) is 0 Å². The molecule has 122 valence electrons. The van der Waals surface area contributed by atoms with Gasteiger partial charge in [0.05, 0.1) is 0 Å². The van der Waals surface area contributed by atoms with Crippen LogP contribution in [0.2, 0.25) is 0 Å². The summed E-state index contributed by atoms with van der Waals surface area (Å²) in [7, 11) is 0. The molecule has 0 amide bonds. The van der Waals surface area contributed by atoms with Crippen LogP contribution in [0.15, 0.2) is 0 Å². The Kier molecular flexibility index (Phi) is 17.0. The Balaban J connectivity index is -0.0000000793. The number of rotatable bonds is 0. The van der Waals surface area contributed by atoms with E-state index < -0.39 is 0 Å². The van der Waals surface area contributed by atoms with Gasteiger partial charge in [-0.05, 0) is 22.2 Å². The zero-order valence-corrected chi connectivity index (χ0v) is 17.1. The molecule has 0 aromatic rings. The van der Waals surface area contributed by atoms with Gasteiger partial charge in [0.15, 0.2) is 0 Å². The highest BCUT2D eigenvalue weighted by atomic mass is 14.0. The van der Waals surface area contributed by atoms with Crippen LogP contribution >= 0.6 is 0 Å². The van der Waals surface area contributed by atoms with Crippen molar-refractivity contribution in [3.05, 3.63) is 0 Å². The van der Waals surface area contributed by atoms with Gasteiger partial charge in [0.1, 0.15) is 0 Å². The summed E-state index contributed by atoms with van der Waals surface area (Å²) in [6, 6.07) is 0. The summed E-state index contributed by atoms with van der Waals surface area (Å²) < 4.78 is 0. The average molecular weight is 275 g/mol. The topological polar surface area (TPSA) is 0 Å². The molecule has 0 spiro atoms. The first-order chi connectivity index (χ1) is 7.73. The highest BCUT2D eigenvalue weighted by Gasteiger charge is 1.96. The molecule has 19 heavy (non-hydrogen) atoms. The van der Waals surface area contributed by atoms with E-state index in [1.54, 1.807) is 0 Å². The van der Waals surface area contributed by atoms with Crippen LogP contribution in [0.25, 0.3) is 0 Å². The third-order valence-electron chi connectivity index (χ3n) is 0. The molecule has 0 rings (SSSR count). The predicted molar refractivity (Wildman–Crippen MR) is 95.9 cm³/mol. The number of hydrogen-bond acceptors (Lipinski definition) is 0. The fourth-order valence-corrected chi connectivity index (χ4v) is 0. The van der Waals surface area contributed by atoms with Gasteiger partial charge < -0.3 is 0 Å². The second-order valence-corrected chi connectivity index (χ2v) is 10.7. The standard InChI is InChI=1S/3C5H12.C4H10/c3*1-5(2,3)4;1-4(2)3/h3*1-4H3;4H,1-3H3. The lowest BCUT2D eigenvalue weighted by Gasteiger charge is -2.05. The molecule has 0 fully saturated rings. The molecule has 0 heteroatoms. The minimum absolute atomic E-state index is 0.500. The summed E-state index contributed by atoms with van der Waals surface area (Å²) in [4.78, 5) is 0. The van der Waals surface area contributed by atoms with Crippen LogP contribution in [-0.4, -0.2) is 0 Å². The third kappa shape index (κ3) is 0. The Morgan fingerprint density at radius 3 is 0.368 bits per heavy atom. The number of hydrogen-bond donors (Lipinski definition) is 0. The highest BCUT2D eigenvalue weighted by molar-refractivity contribution is 4.48. The largest absolute Gasteiger partial charge is 0.0630 e. The van der Waals surface area contributed by atoms with E-state index in [9.17, 15) is 0 Å². The van der Waals surface area contributed by atoms with E-state index in [0.717, 1.165) is 5.92 Å². The average Bonchev–Trinajstić information content (AvgIpc) is 1.66. The zero-order chi connectivity index (χ0) is 17.1. The van der Waals surface area contributed by atoms with Crippen molar-refractivity contribution in [2.75, 3.05) is 0 Å². The Morgan fingerprint density at radius 2 is 0.368 bits per heavy atom. The quantitative estimate of drug-likeness (QED) is 0.422. The van der Waals surface area contributed by atoms with Gasteiger partial charge >= 0.3 is 0 Å². The molecule has 0 atom stereocenters. The predicted octanol–water partition coefficient (Wildman–Crippen LogP) is 7.82. The fraction of sp³-hybridized carbons (Fsp3) is 1.00. The first kappa shape index (κ1) is 27.4. The summed E-state index contributed by atoms with van der Waals surface area (Å²) in [5.74, 6) is 0.833. The van der Waals surface area contributed by atoms with Gasteiger partial charge in [-0.25, -0.2) is 0 Å².